The van der Waals surface area contributed by atoms with Crippen LogP contribution in [0.2, 0.25) is 0 Å². The summed E-state index contributed by atoms with van der Waals surface area (Å²) in [5.41, 5.74) is 8.52. The summed E-state index contributed by atoms with van der Waals surface area (Å²) in [6, 6.07) is 16.9. The van der Waals surface area contributed by atoms with Crippen LogP contribution in [0, 0.1) is 27.7 Å². The fourth-order valence-corrected chi connectivity index (χ4v) is 4.38. The number of nitrogens with zero attached hydrogens (tertiary/aromatic N) is 1. The number of hydrogen-bond donors (Lipinski definition) is 0. The molecule has 4 aromatic rings. The number of rotatable bonds is 3. The molecule has 136 valence electrons. The van der Waals surface area contributed by atoms with Crippen molar-refractivity contribution < 1.29 is 4.79 Å². The van der Waals surface area contributed by atoms with Gasteiger partial charge < -0.3 is 4.57 Å². The lowest BCUT2D eigenvalue weighted by Gasteiger charge is -2.11. The Kier molecular flexibility index (Phi) is 4.15. The lowest BCUT2D eigenvalue weighted by molar-refractivity contribution is 0.103. The van der Waals surface area contributed by atoms with Gasteiger partial charge in [-0.1, -0.05) is 29.3 Å². The third-order valence-corrected chi connectivity index (χ3v) is 5.50. The third kappa shape index (κ3) is 2.76. The molecule has 0 N–H and O–H groups in total. The van der Waals surface area contributed by atoms with Crippen molar-refractivity contribution in [3.63, 3.8) is 0 Å². The molecule has 1 aromatic heterocycles. The number of carbonyl (C=O) groups is 1. The van der Waals surface area contributed by atoms with Gasteiger partial charge in [0.15, 0.2) is 5.78 Å². The van der Waals surface area contributed by atoms with Crippen molar-refractivity contribution in [3.05, 3.63) is 81.9 Å². The summed E-state index contributed by atoms with van der Waals surface area (Å²) >= 11 is 0. The summed E-state index contributed by atoms with van der Waals surface area (Å²) in [6.45, 7) is 11.3. The maximum absolute atomic E-state index is 13.3. The van der Waals surface area contributed by atoms with E-state index in [0.717, 1.165) is 34.2 Å². The lowest BCUT2D eigenvalue weighted by Crippen LogP contribution is -2.07. The molecule has 3 aromatic carbocycles. The standard InChI is InChI=1S/C25H25NO/c1-6-26-22-9-7-15(2)13-20(22)21-14-19(8-10-23(21)26)25(27)24-17(4)11-16(3)12-18(24)5/h7-14H,6H2,1-5H3. The zero-order chi connectivity index (χ0) is 19.3. The SMILES string of the molecule is CCn1c2ccc(C)cc2c2cc(C(=O)c3c(C)cc(C)cc3C)ccc21. The molecular formula is C25H25NO. The molecule has 0 aliphatic heterocycles. The van der Waals surface area contributed by atoms with E-state index in [4.69, 9.17) is 0 Å². The number of benzene rings is 3. The Balaban J connectivity index is 1.95. The summed E-state index contributed by atoms with van der Waals surface area (Å²) in [6.07, 6.45) is 0. The number of fused-ring (bicyclic) bond motifs is 3. The van der Waals surface area contributed by atoms with E-state index >= 15 is 0 Å². The van der Waals surface area contributed by atoms with Crippen LogP contribution in [0.4, 0.5) is 0 Å². The summed E-state index contributed by atoms with van der Waals surface area (Å²) in [4.78, 5) is 13.3. The molecule has 2 heteroatoms. The summed E-state index contributed by atoms with van der Waals surface area (Å²) in [5, 5.41) is 2.38. The van der Waals surface area contributed by atoms with Crippen LogP contribution >= 0.6 is 0 Å². The van der Waals surface area contributed by atoms with Crippen molar-refractivity contribution >= 4 is 27.6 Å². The molecule has 0 saturated heterocycles. The molecule has 1 heterocycles. The Morgan fingerprint density at radius 3 is 2.00 bits per heavy atom. The maximum atomic E-state index is 13.3. The lowest BCUT2D eigenvalue weighted by atomic mass is 9.92. The second kappa shape index (κ2) is 6.38. The largest absolute Gasteiger partial charge is 0.341 e. The molecular weight excluding hydrogens is 330 g/mol. The van der Waals surface area contributed by atoms with Gasteiger partial charge in [0, 0.05) is 39.5 Å². The predicted octanol–water partition coefficient (Wildman–Crippen LogP) is 6.28. The zero-order valence-electron chi connectivity index (χ0n) is 16.7. The van der Waals surface area contributed by atoms with Crippen LogP contribution in [-0.2, 0) is 6.54 Å². The molecule has 0 spiro atoms. The molecule has 0 aliphatic rings. The van der Waals surface area contributed by atoms with Gasteiger partial charge in [0.2, 0.25) is 0 Å². The molecule has 0 atom stereocenters. The highest BCUT2D eigenvalue weighted by atomic mass is 16.1. The monoisotopic (exact) mass is 355 g/mol. The highest BCUT2D eigenvalue weighted by Gasteiger charge is 2.17. The molecule has 0 saturated carbocycles. The first-order valence-electron chi connectivity index (χ1n) is 9.56. The van der Waals surface area contributed by atoms with Crippen molar-refractivity contribution in [3.8, 4) is 0 Å². The quantitative estimate of drug-likeness (QED) is 0.396. The Hall–Kier alpha value is -2.87. The minimum Gasteiger partial charge on any atom is -0.341 e. The van der Waals surface area contributed by atoms with E-state index in [0.29, 0.717) is 0 Å². The normalized spacial score (nSPS) is 11.4. The molecule has 2 nitrogen and oxygen atoms in total. The van der Waals surface area contributed by atoms with E-state index in [1.807, 2.05) is 19.9 Å². The smallest absolute Gasteiger partial charge is 0.193 e. The summed E-state index contributed by atoms with van der Waals surface area (Å²) in [5.74, 6) is 0.108. The molecule has 27 heavy (non-hydrogen) atoms. The Morgan fingerprint density at radius 1 is 0.778 bits per heavy atom. The minimum absolute atomic E-state index is 0.108. The van der Waals surface area contributed by atoms with Crippen molar-refractivity contribution in [1.82, 2.24) is 4.57 Å². The van der Waals surface area contributed by atoms with Gasteiger partial charge in [-0.2, -0.15) is 0 Å². The van der Waals surface area contributed by atoms with Crippen LogP contribution in [0.5, 0.6) is 0 Å². The third-order valence-electron chi connectivity index (χ3n) is 5.50. The summed E-state index contributed by atoms with van der Waals surface area (Å²) in [7, 11) is 0. The van der Waals surface area contributed by atoms with Crippen molar-refractivity contribution in [2.45, 2.75) is 41.2 Å². The van der Waals surface area contributed by atoms with E-state index in [9.17, 15) is 4.79 Å². The van der Waals surface area contributed by atoms with E-state index in [1.54, 1.807) is 0 Å². The minimum atomic E-state index is 0.108. The van der Waals surface area contributed by atoms with Crippen LogP contribution < -0.4 is 0 Å². The predicted molar refractivity (Wildman–Crippen MR) is 114 cm³/mol. The summed E-state index contributed by atoms with van der Waals surface area (Å²) < 4.78 is 2.32. The van der Waals surface area contributed by atoms with Crippen LogP contribution in [0.15, 0.2) is 48.5 Å². The molecule has 0 aliphatic carbocycles. The molecule has 0 fully saturated rings. The molecule has 0 radical (unpaired) electrons. The van der Waals surface area contributed by atoms with Gasteiger partial charge in [-0.15, -0.1) is 0 Å². The topological polar surface area (TPSA) is 22.0 Å². The fourth-order valence-electron chi connectivity index (χ4n) is 4.38. The van der Waals surface area contributed by atoms with Gasteiger partial charge in [-0.25, -0.2) is 0 Å². The van der Waals surface area contributed by atoms with E-state index in [2.05, 4.69) is 67.8 Å². The maximum Gasteiger partial charge on any atom is 0.193 e. The first-order chi connectivity index (χ1) is 12.9. The zero-order valence-corrected chi connectivity index (χ0v) is 16.7. The second-order valence-corrected chi connectivity index (χ2v) is 7.60. The fraction of sp³-hybridized carbons (Fsp3) is 0.240. The van der Waals surface area contributed by atoms with E-state index < -0.39 is 0 Å². The average Bonchev–Trinajstić information content (AvgIpc) is 2.92. The molecule has 0 bridgehead atoms. The number of ketones is 1. The first-order valence-corrected chi connectivity index (χ1v) is 9.56. The van der Waals surface area contributed by atoms with Crippen LogP contribution in [0.25, 0.3) is 21.8 Å². The highest BCUT2D eigenvalue weighted by molar-refractivity contribution is 6.15. The van der Waals surface area contributed by atoms with Crippen molar-refractivity contribution in [2.24, 2.45) is 0 Å². The van der Waals surface area contributed by atoms with Gasteiger partial charge in [-0.05, 0) is 76.1 Å². The van der Waals surface area contributed by atoms with Gasteiger partial charge in [0.05, 0.1) is 0 Å². The van der Waals surface area contributed by atoms with Crippen molar-refractivity contribution in [2.75, 3.05) is 0 Å². The number of carbonyl (C=O) groups excluding carboxylic acids is 1. The highest BCUT2D eigenvalue weighted by Crippen LogP contribution is 2.31. The second-order valence-electron chi connectivity index (χ2n) is 7.60. The van der Waals surface area contributed by atoms with Crippen LogP contribution in [-0.4, -0.2) is 10.4 Å². The molecule has 0 unspecified atom stereocenters. The number of hydrogen-bond acceptors (Lipinski definition) is 1. The average molecular weight is 355 g/mol. The van der Waals surface area contributed by atoms with Gasteiger partial charge in [0.25, 0.3) is 0 Å². The van der Waals surface area contributed by atoms with E-state index in [1.165, 1.54) is 27.5 Å². The van der Waals surface area contributed by atoms with Crippen LogP contribution in [0.3, 0.4) is 0 Å². The van der Waals surface area contributed by atoms with E-state index in [-0.39, 0.29) is 5.78 Å². The van der Waals surface area contributed by atoms with Gasteiger partial charge in [-0.3, -0.25) is 4.79 Å². The number of aryl methyl sites for hydroxylation is 5. The van der Waals surface area contributed by atoms with Gasteiger partial charge in [0.1, 0.15) is 0 Å². The Morgan fingerprint density at radius 2 is 1.37 bits per heavy atom. The molecule has 4 rings (SSSR count). The number of aromatic nitrogens is 1. The Bertz CT molecular complexity index is 1190. The van der Waals surface area contributed by atoms with Gasteiger partial charge >= 0.3 is 0 Å². The first kappa shape index (κ1) is 17.5. The molecule has 0 amide bonds. The van der Waals surface area contributed by atoms with Crippen molar-refractivity contribution in [1.29, 1.82) is 0 Å². The van der Waals surface area contributed by atoms with Crippen LogP contribution in [0.1, 0.15) is 45.1 Å². The Labute approximate surface area is 160 Å².